The van der Waals surface area contributed by atoms with Gasteiger partial charge in [0.1, 0.15) is 11.5 Å². The van der Waals surface area contributed by atoms with Gasteiger partial charge in [-0.3, -0.25) is 9.59 Å². The molecule has 0 bridgehead atoms. The molecule has 4 heteroatoms. The highest BCUT2D eigenvalue weighted by molar-refractivity contribution is 6.03. The summed E-state index contributed by atoms with van der Waals surface area (Å²) in [6.07, 6.45) is 2.42. The quantitative estimate of drug-likeness (QED) is 0.471. The molecule has 0 fully saturated rings. The Morgan fingerprint density at radius 2 is 1.67 bits per heavy atom. The average Bonchev–Trinajstić information content (AvgIpc) is 2.38. The molecule has 0 aliphatic carbocycles. The zero-order valence-electron chi connectivity index (χ0n) is 12.2. The van der Waals surface area contributed by atoms with Gasteiger partial charge in [-0.05, 0) is 26.2 Å². The molecule has 0 aromatic heterocycles. The van der Waals surface area contributed by atoms with Crippen molar-refractivity contribution in [3.05, 3.63) is 0 Å². The van der Waals surface area contributed by atoms with E-state index in [4.69, 9.17) is 9.47 Å². The summed E-state index contributed by atoms with van der Waals surface area (Å²) < 4.78 is 10.4. The topological polar surface area (TPSA) is 52.6 Å². The number of ether oxygens (including phenoxy) is 2. The van der Waals surface area contributed by atoms with E-state index < -0.39 is 17.5 Å². The fraction of sp³-hybridized carbons (Fsp3) is 0.857. The van der Waals surface area contributed by atoms with Crippen LogP contribution in [0.5, 0.6) is 0 Å². The van der Waals surface area contributed by atoms with E-state index in [1.807, 2.05) is 20.8 Å². The first kappa shape index (κ1) is 17.1. The summed E-state index contributed by atoms with van der Waals surface area (Å²) in [7, 11) is 1.53. The van der Waals surface area contributed by atoms with Crippen molar-refractivity contribution in [2.75, 3.05) is 13.7 Å². The zero-order valence-corrected chi connectivity index (χ0v) is 12.2. The van der Waals surface area contributed by atoms with Gasteiger partial charge in [0.05, 0.1) is 6.61 Å². The predicted octanol–water partition coefficient (Wildman–Crippen LogP) is 2.74. The normalized spacial score (nSPS) is 13.2. The summed E-state index contributed by atoms with van der Waals surface area (Å²) in [6, 6.07) is 0. The molecule has 0 rings (SSSR count). The Bertz CT molecular complexity index is 261. The third-order valence-electron chi connectivity index (χ3n) is 3.45. The first-order valence-corrected chi connectivity index (χ1v) is 6.78. The van der Waals surface area contributed by atoms with Crippen molar-refractivity contribution in [1.82, 2.24) is 0 Å². The fourth-order valence-electron chi connectivity index (χ4n) is 2.19. The molecule has 18 heavy (non-hydrogen) atoms. The smallest absolute Gasteiger partial charge is 0.316 e. The first-order chi connectivity index (χ1) is 8.52. The van der Waals surface area contributed by atoms with Crippen LogP contribution in [0.3, 0.4) is 0 Å². The summed E-state index contributed by atoms with van der Waals surface area (Å²) in [5.74, 6) is -1.27. The predicted molar refractivity (Wildman–Crippen MR) is 70.4 cm³/mol. The number of Topliss-reactive ketones (excluding diaryl/α,β-unsaturated/α-hetero) is 1. The van der Waals surface area contributed by atoms with Crippen LogP contribution in [0.15, 0.2) is 0 Å². The Morgan fingerprint density at radius 3 is 2.00 bits per heavy atom. The van der Waals surface area contributed by atoms with E-state index in [0.29, 0.717) is 25.9 Å². The number of esters is 1. The van der Waals surface area contributed by atoms with Crippen LogP contribution in [-0.4, -0.2) is 31.1 Å². The van der Waals surface area contributed by atoms with Crippen LogP contribution in [0.25, 0.3) is 0 Å². The first-order valence-electron chi connectivity index (χ1n) is 6.78. The van der Waals surface area contributed by atoms with E-state index in [0.717, 1.165) is 6.42 Å². The van der Waals surface area contributed by atoms with Gasteiger partial charge in [-0.1, -0.05) is 27.2 Å². The second-order valence-electron chi connectivity index (χ2n) is 4.36. The summed E-state index contributed by atoms with van der Waals surface area (Å²) in [4.78, 5) is 24.4. The van der Waals surface area contributed by atoms with Crippen molar-refractivity contribution in [3.8, 4) is 0 Å². The lowest BCUT2D eigenvalue weighted by molar-refractivity contribution is -0.160. The van der Waals surface area contributed by atoms with Gasteiger partial charge < -0.3 is 9.47 Å². The van der Waals surface area contributed by atoms with E-state index in [-0.39, 0.29) is 5.78 Å². The second-order valence-corrected chi connectivity index (χ2v) is 4.36. The van der Waals surface area contributed by atoms with Crippen molar-refractivity contribution in [2.24, 2.45) is 5.92 Å². The molecular formula is C14H26O4. The number of ketones is 1. The molecule has 0 radical (unpaired) electrons. The van der Waals surface area contributed by atoms with E-state index in [2.05, 4.69) is 0 Å². The van der Waals surface area contributed by atoms with Gasteiger partial charge in [-0.25, -0.2) is 0 Å². The maximum absolute atomic E-state index is 12.5. The lowest BCUT2D eigenvalue weighted by Gasteiger charge is -2.31. The number of carbonyl (C=O) groups is 2. The van der Waals surface area contributed by atoms with E-state index in [9.17, 15) is 9.59 Å². The maximum Gasteiger partial charge on any atom is 0.316 e. The Hall–Kier alpha value is -0.900. The molecular weight excluding hydrogens is 232 g/mol. The standard InChI is InChI=1S/C14H26O4/c1-6-10-11(13(16)18-9-4)12(15)14(7-2,8-3)17-5/h11H,6-10H2,1-5H3. The molecule has 0 aliphatic rings. The van der Waals surface area contributed by atoms with Crippen LogP contribution in [0.1, 0.15) is 53.4 Å². The summed E-state index contributed by atoms with van der Waals surface area (Å²) in [5, 5.41) is 0. The van der Waals surface area contributed by atoms with E-state index in [1.54, 1.807) is 6.92 Å². The molecule has 106 valence electrons. The molecule has 0 saturated heterocycles. The minimum absolute atomic E-state index is 0.143. The molecule has 0 N–H and O–H groups in total. The SMILES string of the molecule is CCCC(C(=O)OCC)C(=O)C(CC)(CC)OC. The monoisotopic (exact) mass is 258 g/mol. The summed E-state index contributed by atoms with van der Waals surface area (Å²) >= 11 is 0. The van der Waals surface area contributed by atoms with Gasteiger partial charge in [0.25, 0.3) is 0 Å². The summed E-state index contributed by atoms with van der Waals surface area (Å²) in [5.41, 5.74) is -0.855. The second kappa shape index (κ2) is 8.25. The maximum atomic E-state index is 12.5. The molecule has 0 spiro atoms. The van der Waals surface area contributed by atoms with Gasteiger partial charge in [0.2, 0.25) is 0 Å². The highest BCUT2D eigenvalue weighted by atomic mass is 16.5. The van der Waals surface area contributed by atoms with E-state index in [1.165, 1.54) is 7.11 Å². The van der Waals surface area contributed by atoms with Crippen LogP contribution in [0.4, 0.5) is 0 Å². The fourth-order valence-corrected chi connectivity index (χ4v) is 2.19. The molecule has 0 saturated carbocycles. The third-order valence-corrected chi connectivity index (χ3v) is 3.45. The van der Waals surface area contributed by atoms with Crippen LogP contribution in [0.2, 0.25) is 0 Å². The molecule has 0 amide bonds. The number of methoxy groups -OCH3 is 1. The van der Waals surface area contributed by atoms with Crippen molar-refractivity contribution < 1.29 is 19.1 Å². The van der Waals surface area contributed by atoms with Crippen LogP contribution in [-0.2, 0) is 19.1 Å². The third kappa shape index (κ3) is 3.80. The largest absolute Gasteiger partial charge is 0.465 e. The van der Waals surface area contributed by atoms with Crippen molar-refractivity contribution >= 4 is 11.8 Å². The van der Waals surface area contributed by atoms with Crippen molar-refractivity contribution in [3.63, 3.8) is 0 Å². The van der Waals surface area contributed by atoms with Gasteiger partial charge in [0, 0.05) is 7.11 Å². The Labute approximate surface area is 110 Å². The van der Waals surface area contributed by atoms with Gasteiger partial charge in [-0.15, -0.1) is 0 Å². The lowest BCUT2D eigenvalue weighted by Crippen LogP contribution is -2.46. The number of rotatable bonds is 9. The molecule has 0 aromatic rings. The summed E-state index contributed by atoms with van der Waals surface area (Å²) in [6.45, 7) is 7.79. The highest BCUT2D eigenvalue weighted by Gasteiger charge is 2.42. The minimum atomic E-state index is -0.855. The van der Waals surface area contributed by atoms with Gasteiger partial charge in [0.15, 0.2) is 5.78 Å². The van der Waals surface area contributed by atoms with E-state index >= 15 is 0 Å². The molecule has 0 aromatic carbocycles. The average molecular weight is 258 g/mol. The Kier molecular flexibility index (Phi) is 7.83. The Balaban J connectivity index is 5.10. The lowest BCUT2D eigenvalue weighted by atomic mass is 9.82. The zero-order chi connectivity index (χ0) is 14.2. The number of carbonyl (C=O) groups excluding carboxylic acids is 2. The highest BCUT2D eigenvalue weighted by Crippen LogP contribution is 2.27. The van der Waals surface area contributed by atoms with Gasteiger partial charge >= 0.3 is 5.97 Å². The van der Waals surface area contributed by atoms with Crippen LogP contribution in [0, 0.1) is 5.92 Å². The van der Waals surface area contributed by atoms with Crippen LogP contribution < -0.4 is 0 Å². The number of hydrogen-bond acceptors (Lipinski definition) is 4. The Morgan fingerprint density at radius 1 is 1.11 bits per heavy atom. The molecule has 1 atom stereocenters. The minimum Gasteiger partial charge on any atom is -0.465 e. The molecule has 0 heterocycles. The van der Waals surface area contributed by atoms with Crippen molar-refractivity contribution in [1.29, 1.82) is 0 Å². The number of hydrogen-bond donors (Lipinski definition) is 0. The molecule has 4 nitrogen and oxygen atoms in total. The van der Waals surface area contributed by atoms with Gasteiger partial charge in [-0.2, -0.15) is 0 Å². The van der Waals surface area contributed by atoms with Crippen molar-refractivity contribution in [2.45, 2.75) is 59.0 Å². The molecule has 1 unspecified atom stereocenters. The molecule has 0 aliphatic heterocycles. The van der Waals surface area contributed by atoms with Crippen LogP contribution >= 0.6 is 0 Å².